The Morgan fingerprint density at radius 2 is 2.20 bits per heavy atom. The topological polar surface area (TPSA) is 89.9 Å². The molecule has 0 saturated carbocycles. The van der Waals surface area contributed by atoms with Crippen LogP contribution < -0.4 is 5.32 Å². The average Bonchev–Trinajstić information content (AvgIpc) is 2.73. The Balaban J connectivity index is 3.15. The molecule has 1 aromatic rings. The number of amides is 1. The molecule has 0 aliphatic rings. The van der Waals surface area contributed by atoms with Crippen LogP contribution in [0, 0.1) is 0 Å². The van der Waals surface area contributed by atoms with E-state index < -0.39 is 5.97 Å². The molecule has 0 radical (unpaired) electrons. The first-order valence-corrected chi connectivity index (χ1v) is 6.91. The Labute approximate surface area is 124 Å². The summed E-state index contributed by atoms with van der Waals surface area (Å²) in [6.45, 7) is 3.57. The van der Waals surface area contributed by atoms with Gasteiger partial charge < -0.3 is 14.9 Å². The van der Waals surface area contributed by atoms with Crippen molar-refractivity contribution in [2.45, 2.75) is 20.3 Å². The van der Waals surface area contributed by atoms with Gasteiger partial charge in [-0.1, -0.05) is 35.0 Å². The number of esters is 1. The van der Waals surface area contributed by atoms with E-state index in [-0.39, 0.29) is 21.8 Å². The van der Waals surface area contributed by atoms with Crippen LogP contribution in [0.5, 0.6) is 0 Å². The van der Waals surface area contributed by atoms with Crippen molar-refractivity contribution in [2.24, 2.45) is 5.16 Å². The van der Waals surface area contributed by atoms with Gasteiger partial charge in [0.15, 0.2) is 4.47 Å². The first-order valence-electron chi connectivity index (χ1n) is 5.72. The molecule has 0 aliphatic heterocycles. The van der Waals surface area contributed by atoms with E-state index in [1.54, 1.807) is 0 Å². The van der Waals surface area contributed by atoms with Crippen LogP contribution >= 0.6 is 22.9 Å². The van der Waals surface area contributed by atoms with Gasteiger partial charge in [0.25, 0.3) is 0 Å². The Bertz CT molecular complexity index is 530. The highest BCUT2D eigenvalue weighted by molar-refractivity contribution is 7.20. The van der Waals surface area contributed by atoms with Crippen LogP contribution in [-0.4, -0.2) is 36.3 Å². The smallest absolute Gasteiger partial charge is 0.362 e. The normalized spacial score (nSPS) is 11.1. The maximum atomic E-state index is 11.7. The second-order valence-corrected chi connectivity index (χ2v) is 5.17. The molecule has 0 atom stereocenters. The van der Waals surface area contributed by atoms with E-state index in [2.05, 4.69) is 20.2 Å². The molecule has 1 amide bonds. The van der Waals surface area contributed by atoms with E-state index in [1.165, 1.54) is 14.0 Å². The zero-order valence-electron chi connectivity index (χ0n) is 11.2. The number of rotatable bonds is 6. The molecule has 20 heavy (non-hydrogen) atoms. The third-order valence-electron chi connectivity index (χ3n) is 1.94. The van der Waals surface area contributed by atoms with Gasteiger partial charge in [-0.15, -0.1) is 0 Å². The molecule has 0 aliphatic carbocycles. The molecular weight excluding hydrogens is 306 g/mol. The van der Waals surface area contributed by atoms with E-state index in [4.69, 9.17) is 16.4 Å². The fraction of sp³-hybridized carbons (Fsp3) is 0.455. The number of nitrogens with zero attached hydrogens (tertiary/aromatic N) is 2. The fourth-order valence-corrected chi connectivity index (χ4v) is 2.23. The van der Waals surface area contributed by atoms with Gasteiger partial charge in [0.2, 0.25) is 11.6 Å². The summed E-state index contributed by atoms with van der Waals surface area (Å²) in [7, 11) is 1.21. The Morgan fingerprint density at radius 3 is 2.75 bits per heavy atom. The van der Waals surface area contributed by atoms with Crippen molar-refractivity contribution in [1.82, 2.24) is 4.98 Å². The van der Waals surface area contributed by atoms with Gasteiger partial charge in [0, 0.05) is 6.92 Å². The first-order chi connectivity index (χ1) is 9.49. The molecule has 1 heterocycles. The zero-order chi connectivity index (χ0) is 15.1. The number of thiazole rings is 1. The monoisotopic (exact) mass is 319 g/mol. The Kier molecular flexibility index (Phi) is 6.40. The van der Waals surface area contributed by atoms with Gasteiger partial charge in [0.1, 0.15) is 17.3 Å². The number of carbonyl (C=O) groups is 2. The molecule has 0 unspecified atom stereocenters. The summed E-state index contributed by atoms with van der Waals surface area (Å²) in [5.74, 6) is -1.04. The second kappa shape index (κ2) is 7.81. The molecule has 0 spiro atoms. The minimum atomic E-state index is -0.727. The maximum Gasteiger partial charge on any atom is 0.362 e. The summed E-state index contributed by atoms with van der Waals surface area (Å²) in [6.07, 6.45) is 0.730. The van der Waals surface area contributed by atoms with E-state index >= 15 is 0 Å². The van der Waals surface area contributed by atoms with Gasteiger partial charge in [-0.25, -0.2) is 9.78 Å². The summed E-state index contributed by atoms with van der Waals surface area (Å²) in [5.41, 5.74) is -0.0222. The van der Waals surface area contributed by atoms with Crippen LogP contribution in [0.4, 0.5) is 5.00 Å². The summed E-state index contributed by atoms with van der Waals surface area (Å²) >= 11 is 6.83. The predicted molar refractivity (Wildman–Crippen MR) is 76.2 cm³/mol. The van der Waals surface area contributed by atoms with Gasteiger partial charge in [0.05, 0.1) is 7.11 Å². The highest BCUT2D eigenvalue weighted by atomic mass is 35.5. The minimum Gasteiger partial charge on any atom is -0.464 e. The van der Waals surface area contributed by atoms with Crippen LogP contribution in [0.25, 0.3) is 0 Å². The Hall–Kier alpha value is -1.67. The number of hydrogen-bond donors (Lipinski definition) is 1. The van der Waals surface area contributed by atoms with Crippen LogP contribution in [0.1, 0.15) is 26.0 Å². The van der Waals surface area contributed by atoms with Crippen molar-refractivity contribution in [3.8, 4) is 0 Å². The van der Waals surface area contributed by atoms with Gasteiger partial charge in [-0.3, -0.25) is 4.79 Å². The molecule has 7 nitrogen and oxygen atoms in total. The SMILES string of the molecule is CCCON=C(C(=O)OC)c1nc(Cl)sc1NC(C)=O. The number of anilines is 1. The number of oxime groups is 1. The molecule has 1 rings (SSSR count). The molecule has 1 N–H and O–H groups in total. The summed E-state index contributed by atoms with van der Waals surface area (Å²) in [4.78, 5) is 31.8. The van der Waals surface area contributed by atoms with E-state index in [0.717, 1.165) is 17.8 Å². The quantitative estimate of drug-likeness (QED) is 0.375. The zero-order valence-corrected chi connectivity index (χ0v) is 12.8. The maximum absolute atomic E-state index is 11.7. The van der Waals surface area contributed by atoms with Crippen molar-refractivity contribution in [2.75, 3.05) is 19.0 Å². The molecular formula is C11H14ClN3O4S. The van der Waals surface area contributed by atoms with Crippen molar-refractivity contribution in [1.29, 1.82) is 0 Å². The third kappa shape index (κ3) is 4.46. The second-order valence-electron chi connectivity index (χ2n) is 3.59. The number of aromatic nitrogens is 1. The highest BCUT2D eigenvalue weighted by Crippen LogP contribution is 2.29. The van der Waals surface area contributed by atoms with E-state index in [9.17, 15) is 9.59 Å². The van der Waals surface area contributed by atoms with Crippen molar-refractivity contribution >= 4 is 45.5 Å². The van der Waals surface area contributed by atoms with Crippen molar-refractivity contribution in [3.63, 3.8) is 0 Å². The van der Waals surface area contributed by atoms with E-state index in [1.807, 2.05) is 6.92 Å². The highest BCUT2D eigenvalue weighted by Gasteiger charge is 2.24. The Morgan fingerprint density at radius 1 is 1.50 bits per heavy atom. The van der Waals surface area contributed by atoms with Gasteiger partial charge >= 0.3 is 5.97 Å². The van der Waals surface area contributed by atoms with Gasteiger partial charge in [-0.05, 0) is 6.42 Å². The third-order valence-corrected chi connectivity index (χ3v) is 3.02. The summed E-state index contributed by atoms with van der Waals surface area (Å²) < 4.78 is 4.79. The van der Waals surface area contributed by atoms with Crippen LogP contribution in [-0.2, 0) is 19.2 Å². The number of hydrogen-bond acceptors (Lipinski definition) is 7. The van der Waals surface area contributed by atoms with Gasteiger partial charge in [-0.2, -0.15) is 0 Å². The van der Waals surface area contributed by atoms with Crippen LogP contribution in [0.15, 0.2) is 5.16 Å². The predicted octanol–water partition coefficient (Wildman–Crippen LogP) is 2.06. The number of carbonyl (C=O) groups excluding carboxylic acids is 2. The number of nitrogens with one attached hydrogen (secondary N) is 1. The van der Waals surface area contributed by atoms with Crippen molar-refractivity contribution in [3.05, 3.63) is 10.2 Å². The lowest BCUT2D eigenvalue weighted by Gasteiger charge is -2.05. The van der Waals surface area contributed by atoms with Crippen LogP contribution in [0.2, 0.25) is 4.47 Å². The molecule has 9 heteroatoms. The fourth-order valence-electron chi connectivity index (χ4n) is 1.17. The number of halogens is 1. The average molecular weight is 320 g/mol. The lowest BCUT2D eigenvalue weighted by atomic mass is 10.3. The molecule has 0 aromatic carbocycles. The lowest BCUT2D eigenvalue weighted by molar-refractivity contribution is -0.132. The molecule has 0 saturated heterocycles. The number of ether oxygens (including phenoxy) is 1. The molecule has 0 bridgehead atoms. The molecule has 0 fully saturated rings. The summed E-state index contributed by atoms with van der Waals surface area (Å²) in [6, 6.07) is 0. The minimum absolute atomic E-state index is 0.123. The lowest BCUT2D eigenvalue weighted by Crippen LogP contribution is -2.20. The number of methoxy groups -OCH3 is 1. The summed E-state index contributed by atoms with van der Waals surface area (Å²) in [5, 5.41) is 6.56. The largest absolute Gasteiger partial charge is 0.464 e. The van der Waals surface area contributed by atoms with Crippen molar-refractivity contribution < 1.29 is 19.2 Å². The first kappa shape index (κ1) is 16.4. The van der Waals surface area contributed by atoms with E-state index in [0.29, 0.717) is 11.6 Å². The van der Waals surface area contributed by atoms with Crippen LogP contribution in [0.3, 0.4) is 0 Å². The standard InChI is InChI=1S/C11H14ClN3O4S/c1-4-5-19-15-8(10(17)18-3)7-9(13-6(2)16)20-11(12)14-7/h4-5H2,1-3H3,(H,13,16). The molecule has 1 aromatic heterocycles. The molecule has 110 valence electrons.